The molecule has 1 saturated heterocycles. The molecule has 6 nitrogen and oxygen atoms in total. The fraction of sp³-hybridized carbons (Fsp3) is 0.333. The van der Waals surface area contributed by atoms with Crippen LogP contribution in [0.3, 0.4) is 0 Å². The number of nitriles is 1. The zero-order valence-corrected chi connectivity index (χ0v) is 17.1. The Morgan fingerprint density at radius 2 is 2.00 bits per heavy atom. The molecule has 144 valence electrons. The molecule has 2 heterocycles. The number of nitrogens with zero attached hydrogens (tertiary/aromatic N) is 3. The number of methoxy groups -OCH3 is 1. The van der Waals surface area contributed by atoms with Crippen LogP contribution in [-0.4, -0.2) is 29.5 Å². The van der Waals surface area contributed by atoms with Gasteiger partial charge in [0.2, 0.25) is 0 Å². The molecule has 0 N–H and O–H groups in total. The fourth-order valence-corrected chi connectivity index (χ4v) is 4.38. The summed E-state index contributed by atoms with van der Waals surface area (Å²) in [6.07, 6.45) is 1.63. The Bertz CT molecular complexity index is 1120. The Balaban J connectivity index is 1.84. The highest BCUT2D eigenvalue weighted by atomic mass is 79.9. The molecule has 4 rings (SSSR count). The first-order valence-corrected chi connectivity index (χ1v) is 9.96. The first-order valence-electron chi connectivity index (χ1n) is 9.17. The predicted octanol–water partition coefficient (Wildman–Crippen LogP) is 3.85. The van der Waals surface area contributed by atoms with E-state index >= 15 is 0 Å². The van der Waals surface area contributed by atoms with Gasteiger partial charge >= 0.3 is 5.69 Å². The minimum atomic E-state index is -0.0519. The van der Waals surface area contributed by atoms with Gasteiger partial charge in [-0.15, -0.1) is 0 Å². The Hall–Kier alpha value is -2.56. The van der Waals surface area contributed by atoms with Crippen molar-refractivity contribution in [3.63, 3.8) is 0 Å². The zero-order valence-electron chi connectivity index (χ0n) is 15.5. The number of aromatic nitrogens is 2. The molecule has 28 heavy (non-hydrogen) atoms. The second-order valence-corrected chi connectivity index (χ2v) is 7.72. The van der Waals surface area contributed by atoms with E-state index in [1.165, 1.54) is 0 Å². The molecule has 1 aliphatic rings. The highest BCUT2D eigenvalue weighted by Crippen LogP contribution is 2.28. The Labute approximate surface area is 171 Å². The minimum Gasteiger partial charge on any atom is -0.496 e. The Morgan fingerprint density at radius 1 is 1.21 bits per heavy atom. The summed E-state index contributed by atoms with van der Waals surface area (Å²) in [5.41, 5.74) is 3.11. The van der Waals surface area contributed by atoms with Gasteiger partial charge in [0.15, 0.2) is 0 Å². The van der Waals surface area contributed by atoms with Crippen molar-refractivity contribution in [2.45, 2.75) is 25.4 Å². The first kappa shape index (κ1) is 18.8. The maximum atomic E-state index is 13.4. The lowest BCUT2D eigenvalue weighted by molar-refractivity contribution is 0.0696. The van der Waals surface area contributed by atoms with E-state index in [2.05, 4.69) is 22.0 Å². The Morgan fingerprint density at radius 3 is 2.68 bits per heavy atom. The number of imidazole rings is 1. The van der Waals surface area contributed by atoms with Crippen molar-refractivity contribution in [1.82, 2.24) is 9.13 Å². The summed E-state index contributed by atoms with van der Waals surface area (Å²) in [6, 6.07) is 13.5. The second kappa shape index (κ2) is 7.82. The van der Waals surface area contributed by atoms with Gasteiger partial charge in [0.25, 0.3) is 0 Å². The van der Waals surface area contributed by atoms with E-state index in [9.17, 15) is 10.1 Å². The zero-order chi connectivity index (χ0) is 19.7. The highest BCUT2D eigenvalue weighted by molar-refractivity contribution is 9.10. The SMILES string of the molecule is COc1ccc(Cn2c(=O)n(C3CCOCC3)c3ccc(C#N)cc32)cc1Br. The summed E-state index contributed by atoms with van der Waals surface area (Å²) in [4.78, 5) is 13.4. The second-order valence-electron chi connectivity index (χ2n) is 6.87. The molecule has 0 spiro atoms. The average Bonchev–Trinajstić information content (AvgIpc) is 2.99. The van der Waals surface area contributed by atoms with E-state index in [4.69, 9.17) is 9.47 Å². The number of rotatable bonds is 4. The summed E-state index contributed by atoms with van der Waals surface area (Å²) in [5, 5.41) is 9.32. The standard InChI is InChI=1S/C21H20BrN3O3/c1-27-20-5-3-15(10-17(20)22)13-24-19-11-14(12-23)2-4-18(19)25(21(24)26)16-6-8-28-9-7-16/h2-5,10-11,16H,6-9,13H2,1H3. The summed E-state index contributed by atoms with van der Waals surface area (Å²) in [6.45, 7) is 1.74. The van der Waals surface area contributed by atoms with Gasteiger partial charge < -0.3 is 9.47 Å². The van der Waals surface area contributed by atoms with Crippen LogP contribution < -0.4 is 10.4 Å². The monoisotopic (exact) mass is 441 g/mol. The average molecular weight is 442 g/mol. The molecule has 1 aromatic heterocycles. The van der Waals surface area contributed by atoms with Crippen LogP contribution in [0.1, 0.15) is 30.0 Å². The third-order valence-corrected chi connectivity index (χ3v) is 5.82. The topological polar surface area (TPSA) is 69.2 Å². The third-order valence-electron chi connectivity index (χ3n) is 5.20. The molecule has 1 fully saturated rings. The van der Waals surface area contributed by atoms with Crippen molar-refractivity contribution in [2.24, 2.45) is 0 Å². The molecular formula is C21H20BrN3O3. The number of ether oxygens (including phenoxy) is 2. The summed E-state index contributed by atoms with van der Waals surface area (Å²) in [5.74, 6) is 0.743. The number of fused-ring (bicyclic) bond motifs is 1. The lowest BCUT2D eigenvalue weighted by atomic mass is 10.1. The maximum absolute atomic E-state index is 13.4. The van der Waals surface area contributed by atoms with Gasteiger partial charge in [-0.1, -0.05) is 6.07 Å². The van der Waals surface area contributed by atoms with Gasteiger partial charge in [0, 0.05) is 19.3 Å². The Kier molecular flexibility index (Phi) is 5.25. The molecule has 2 aromatic carbocycles. The minimum absolute atomic E-state index is 0.0519. The molecule has 0 unspecified atom stereocenters. The normalized spacial score (nSPS) is 14.9. The molecule has 0 bridgehead atoms. The van der Waals surface area contributed by atoms with Crippen LogP contribution in [0, 0.1) is 11.3 Å². The first-order chi connectivity index (χ1) is 13.6. The van der Waals surface area contributed by atoms with Gasteiger partial charge in [-0.3, -0.25) is 9.13 Å². The molecule has 7 heteroatoms. The third kappa shape index (κ3) is 3.34. The predicted molar refractivity (Wildman–Crippen MR) is 110 cm³/mol. The lowest BCUT2D eigenvalue weighted by Crippen LogP contribution is -2.30. The largest absolute Gasteiger partial charge is 0.496 e. The van der Waals surface area contributed by atoms with Crippen LogP contribution in [0.2, 0.25) is 0 Å². The van der Waals surface area contributed by atoms with Crippen molar-refractivity contribution in [3.8, 4) is 11.8 Å². The van der Waals surface area contributed by atoms with E-state index < -0.39 is 0 Å². The van der Waals surface area contributed by atoms with Crippen LogP contribution in [0.15, 0.2) is 45.7 Å². The van der Waals surface area contributed by atoms with Crippen LogP contribution in [-0.2, 0) is 11.3 Å². The smallest absolute Gasteiger partial charge is 0.329 e. The van der Waals surface area contributed by atoms with Crippen LogP contribution in [0.4, 0.5) is 0 Å². The van der Waals surface area contributed by atoms with Crippen LogP contribution in [0.25, 0.3) is 11.0 Å². The van der Waals surface area contributed by atoms with Crippen LogP contribution in [0.5, 0.6) is 5.75 Å². The maximum Gasteiger partial charge on any atom is 0.329 e. The molecule has 1 aliphatic heterocycles. The van der Waals surface area contributed by atoms with Crippen molar-refractivity contribution in [2.75, 3.05) is 20.3 Å². The molecule has 3 aromatic rings. The summed E-state index contributed by atoms with van der Waals surface area (Å²) >= 11 is 3.50. The summed E-state index contributed by atoms with van der Waals surface area (Å²) in [7, 11) is 1.62. The van der Waals surface area contributed by atoms with E-state index in [-0.39, 0.29) is 11.7 Å². The highest BCUT2D eigenvalue weighted by Gasteiger charge is 2.23. The van der Waals surface area contributed by atoms with Crippen molar-refractivity contribution >= 4 is 27.0 Å². The van der Waals surface area contributed by atoms with Crippen LogP contribution >= 0.6 is 15.9 Å². The molecule has 0 amide bonds. The molecule has 0 radical (unpaired) electrons. The number of halogens is 1. The number of hydrogen-bond donors (Lipinski definition) is 0. The van der Waals surface area contributed by atoms with Gasteiger partial charge in [0.05, 0.1) is 40.8 Å². The van der Waals surface area contributed by atoms with Gasteiger partial charge in [0.1, 0.15) is 5.75 Å². The van der Waals surface area contributed by atoms with Crippen molar-refractivity contribution in [1.29, 1.82) is 5.26 Å². The fourth-order valence-electron chi connectivity index (χ4n) is 3.79. The van der Waals surface area contributed by atoms with Gasteiger partial charge in [-0.25, -0.2) is 4.79 Å². The molecule has 0 atom stereocenters. The quantitative estimate of drug-likeness (QED) is 0.616. The van der Waals surface area contributed by atoms with Crippen molar-refractivity contribution in [3.05, 3.63) is 62.5 Å². The molecule has 0 saturated carbocycles. The summed E-state index contributed by atoms with van der Waals surface area (Å²) < 4.78 is 15.2. The van der Waals surface area contributed by atoms with Gasteiger partial charge in [-0.05, 0) is 64.7 Å². The molecular weight excluding hydrogens is 422 g/mol. The van der Waals surface area contributed by atoms with Crippen molar-refractivity contribution < 1.29 is 9.47 Å². The lowest BCUT2D eigenvalue weighted by Gasteiger charge is -2.23. The number of hydrogen-bond acceptors (Lipinski definition) is 4. The van der Waals surface area contributed by atoms with Gasteiger partial charge in [-0.2, -0.15) is 5.26 Å². The van der Waals surface area contributed by atoms with E-state index in [0.717, 1.165) is 39.7 Å². The van der Waals surface area contributed by atoms with E-state index in [0.29, 0.717) is 25.3 Å². The number of benzene rings is 2. The molecule has 0 aliphatic carbocycles. The van der Waals surface area contributed by atoms with E-state index in [1.807, 2.05) is 28.8 Å². The van der Waals surface area contributed by atoms with E-state index in [1.54, 1.807) is 23.8 Å².